The zero-order valence-corrected chi connectivity index (χ0v) is 15.4. The minimum Gasteiger partial charge on any atom is -0.466 e. The van der Waals surface area contributed by atoms with Gasteiger partial charge in [0, 0.05) is 23.0 Å². The number of esters is 1. The van der Waals surface area contributed by atoms with Crippen LogP contribution in [-0.2, 0) is 19.1 Å². The number of likely N-dealkylation sites (tertiary alicyclic amines) is 1. The third kappa shape index (κ3) is 4.72. The molecule has 1 aliphatic rings. The smallest absolute Gasteiger partial charge is 0.409 e. The Morgan fingerprint density at radius 2 is 2.08 bits per heavy atom. The number of amides is 1. The highest BCUT2D eigenvalue weighted by Gasteiger charge is 2.37. The van der Waals surface area contributed by atoms with Crippen LogP contribution in [0.4, 0.5) is 9.18 Å². The van der Waals surface area contributed by atoms with Crippen molar-refractivity contribution in [2.24, 2.45) is 5.92 Å². The molecule has 2 atom stereocenters. The molecule has 8 heteroatoms. The normalized spacial score (nSPS) is 19.8. The van der Waals surface area contributed by atoms with E-state index in [9.17, 15) is 18.8 Å². The van der Waals surface area contributed by atoms with Crippen molar-refractivity contribution < 1.29 is 28.2 Å². The van der Waals surface area contributed by atoms with Crippen LogP contribution in [0.25, 0.3) is 0 Å². The first kappa shape index (κ1) is 20.2. The molecule has 6 nitrogen and oxygen atoms in total. The van der Waals surface area contributed by atoms with Crippen LogP contribution in [0, 0.1) is 11.7 Å². The van der Waals surface area contributed by atoms with Crippen molar-refractivity contribution in [1.82, 2.24) is 4.90 Å². The van der Waals surface area contributed by atoms with Gasteiger partial charge < -0.3 is 14.4 Å². The first-order chi connectivity index (χ1) is 12.4. The molecule has 1 saturated heterocycles. The van der Waals surface area contributed by atoms with E-state index in [1.165, 1.54) is 24.1 Å². The zero-order chi connectivity index (χ0) is 19.3. The van der Waals surface area contributed by atoms with Gasteiger partial charge in [0.15, 0.2) is 0 Å². The molecule has 0 aromatic heterocycles. The SMILES string of the molecule is CCOC(=O)CC(=O)C1CCN(C(=O)OC)C(c2ccc(Cl)cc2F)C1. The van der Waals surface area contributed by atoms with Crippen molar-refractivity contribution >= 4 is 29.4 Å². The van der Waals surface area contributed by atoms with Gasteiger partial charge in [-0.05, 0) is 31.9 Å². The maximum Gasteiger partial charge on any atom is 0.409 e. The molecule has 0 radical (unpaired) electrons. The highest BCUT2D eigenvalue weighted by atomic mass is 35.5. The standard InChI is InChI=1S/C18H21ClFNO5/c1-3-26-17(23)10-16(22)11-6-7-21(18(24)25-2)15(8-11)13-5-4-12(19)9-14(13)20/h4-5,9,11,15H,3,6-8,10H2,1-2H3. The number of hydrogen-bond donors (Lipinski definition) is 0. The Morgan fingerprint density at radius 3 is 2.69 bits per heavy atom. The number of nitrogens with zero attached hydrogens (tertiary/aromatic N) is 1. The summed E-state index contributed by atoms with van der Waals surface area (Å²) in [5, 5.41) is 0.238. The van der Waals surface area contributed by atoms with E-state index in [4.69, 9.17) is 21.1 Å². The number of piperidine rings is 1. The van der Waals surface area contributed by atoms with Gasteiger partial charge in [0.25, 0.3) is 0 Å². The quantitative estimate of drug-likeness (QED) is 0.572. The van der Waals surface area contributed by atoms with E-state index < -0.39 is 29.8 Å². The fraction of sp³-hybridized carbons (Fsp3) is 0.500. The predicted molar refractivity (Wildman–Crippen MR) is 92.2 cm³/mol. The van der Waals surface area contributed by atoms with Crippen LogP contribution in [0.1, 0.15) is 37.8 Å². The highest BCUT2D eigenvalue weighted by Crippen LogP contribution is 2.37. The van der Waals surface area contributed by atoms with E-state index in [0.717, 1.165) is 6.07 Å². The number of methoxy groups -OCH3 is 1. The fourth-order valence-corrected chi connectivity index (χ4v) is 3.32. The summed E-state index contributed by atoms with van der Waals surface area (Å²) >= 11 is 5.80. The Balaban J connectivity index is 2.23. The molecule has 0 saturated carbocycles. The maximum absolute atomic E-state index is 14.4. The van der Waals surface area contributed by atoms with Crippen LogP contribution in [0.15, 0.2) is 18.2 Å². The Labute approximate surface area is 156 Å². The fourth-order valence-electron chi connectivity index (χ4n) is 3.16. The molecule has 0 bridgehead atoms. The molecule has 0 spiro atoms. The second-order valence-corrected chi connectivity index (χ2v) is 6.45. The molecule has 0 N–H and O–H groups in total. The number of hydrogen-bond acceptors (Lipinski definition) is 5. The van der Waals surface area contributed by atoms with Crippen molar-refractivity contribution in [2.75, 3.05) is 20.3 Å². The van der Waals surface area contributed by atoms with Crippen LogP contribution in [0.2, 0.25) is 5.02 Å². The third-order valence-electron chi connectivity index (χ3n) is 4.41. The van der Waals surface area contributed by atoms with Gasteiger partial charge in [0.05, 0.1) is 19.8 Å². The molecule has 2 unspecified atom stereocenters. The summed E-state index contributed by atoms with van der Waals surface area (Å²) < 4.78 is 24.0. The highest BCUT2D eigenvalue weighted by molar-refractivity contribution is 6.30. The van der Waals surface area contributed by atoms with Crippen LogP contribution in [0.5, 0.6) is 0 Å². The topological polar surface area (TPSA) is 72.9 Å². The van der Waals surface area contributed by atoms with Gasteiger partial charge in [-0.3, -0.25) is 9.59 Å². The molecule has 2 rings (SSSR count). The molecule has 142 valence electrons. The molecule has 1 aromatic carbocycles. The van der Waals surface area contributed by atoms with Crippen LogP contribution < -0.4 is 0 Å². The van der Waals surface area contributed by atoms with Crippen molar-refractivity contribution in [2.45, 2.75) is 32.2 Å². The number of carbonyl (C=O) groups excluding carboxylic acids is 3. The molecule has 0 aliphatic carbocycles. The van der Waals surface area contributed by atoms with Gasteiger partial charge in [-0.25, -0.2) is 9.18 Å². The van der Waals surface area contributed by atoms with E-state index in [-0.39, 0.29) is 42.4 Å². The summed E-state index contributed by atoms with van der Waals surface area (Å²) in [6, 6.07) is 3.51. The minimum atomic E-state index is -0.676. The van der Waals surface area contributed by atoms with Crippen molar-refractivity contribution in [3.63, 3.8) is 0 Å². The number of benzene rings is 1. The number of carbonyl (C=O) groups is 3. The van der Waals surface area contributed by atoms with Crippen LogP contribution in [0.3, 0.4) is 0 Å². The molecule has 1 aliphatic heterocycles. The van der Waals surface area contributed by atoms with E-state index in [0.29, 0.717) is 6.42 Å². The van der Waals surface area contributed by atoms with Crippen molar-refractivity contribution in [1.29, 1.82) is 0 Å². The van der Waals surface area contributed by atoms with Crippen molar-refractivity contribution in [3.8, 4) is 0 Å². The molecule has 1 fully saturated rings. The number of ether oxygens (including phenoxy) is 2. The Bertz CT molecular complexity index is 696. The third-order valence-corrected chi connectivity index (χ3v) is 4.65. The number of ketones is 1. The van der Waals surface area contributed by atoms with Crippen molar-refractivity contribution in [3.05, 3.63) is 34.6 Å². The summed E-state index contributed by atoms with van der Waals surface area (Å²) in [5.74, 6) is -1.88. The Kier molecular flexibility index (Phi) is 6.97. The summed E-state index contributed by atoms with van der Waals surface area (Å²) in [5.41, 5.74) is 0.258. The van der Waals surface area contributed by atoms with E-state index >= 15 is 0 Å². The molecule has 1 amide bonds. The largest absolute Gasteiger partial charge is 0.466 e. The van der Waals surface area contributed by atoms with Gasteiger partial charge in [-0.15, -0.1) is 0 Å². The maximum atomic E-state index is 14.4. The summed E-state index contributed by atoms with van der Waals surface area (Å²) in [6.45, 7) is 2.08. The lowest BCUT2D eigenvalue weighted by molar-refractivity contribution is -0.146. The average molecular weight is 386 g/mol. The first-order valence-electron chi connectivity index (χ1n) is 8.35. The summed E-state index contributed by atoms with van der Waals surface area (Å²) in [7, 11) is 1.25. The molecule has 1 heterocycles. The number of halogens is 2. The van der Waals surface area contributed by atoms with Gasteiger partial charge in [0.2, 0.25) is 0 Å². The Morgan fingerprint density at radius 1 is 1.35 bits per heavy atom. The van der Waals surface area contributed by atoms with Gasteiger partial charge in [-0.1, -0.05) is 17.7 Å². The second kappa shape index (κ2) is 8.98. The molecular weight excluding hydrogens is 365 g/mol. The average Bonchev–Trinajstić information content (AvgIpc) is 2.60. The monoisotopic (exact) mass is 385 g/mol. The number of Topliss-reactive ketones (excluding diaryl/α,β-unsaturated/α-hetero) is 1. The zero-order valence-electron chi connectivity index (χ0n) is 14.7. The minimum absolute atomic E-state index is 0.200. The lowest BCUT2D eigenvalue weighted by Gasteiger charge is -2.38. The molecular formula is C18H21ClFNO5. The lowest BCUT2D eigenvalue weighted by atomic mass is 9.83. The van der Waals surface area contributed by atoms with Crippen LogP contribution in [-0.4, -0.2) is 43.0 Å². The number of rotatable bonds is 5. The second-order valence-electron chi connectivity index (χ2n) is 6.01. The summed E-state index contributed by atoms with van der Waals surface area (Å²) in [4.78, 5) is 37.4. The first-order valence-corrected chi connectivity index (χ1v) is 8.73. The molecule has 26 heavy (non-hydrogen) atoms. The Hall–Kier alpha value is -2.15. The van der Waals surface area contributed by atoms with Crippen LogP contribution >= 0.6 is 11.6 Å². The lowest BCUT2D eigenvalue weighted by Crippen LogP contribution is -2.43. The van der Waals surface area contributed by atoms with E-state index in [1.54, 1.807) is 6.92 Å². The predicted octanol–water partition coefficient (Wildman–Crippen LogP) is 3.52. The molecule has 1 aromatic rings. The van der Waals surface area contributed by atoms with Gasteiger partial charge in [0.1, 0.15) is 18.0 Å². The van der Waals surface area contributed by atoms with Gasteiger partial charge in [-0.2, -0.15) is 0 Å². The van der Waals surface area contributed by atoms with E-state index in [2.05, 4.69) is 0 Å². The summed E-state index contributed by atoms with van der Waals surface area (Å²) in [6.07, 6.45) is -0.349. The van der Waals surface area contributed by atoms with Gasteiger partial charge >= 0.3 is 12.1 Å². The van der Waals surface area contributed by atoms with E-state index in [1.807, 2.05) is 0 Å².